The number of ether oxygens (including phenoxy) is 5. The number of halogens is 1. The lowest BCUT2D eigenvalue weighted by Gasteiger charge is -2.59. The van der Waals surface area contributed by atoms with Gasteiger partial charge in [-0.05, 0) is 74.3 Å². The number of allylic oxidation sites excluding steroid dienone is 1. The first-order chi connectivity index (χ1) is 28.3. The first-order valence-electron chi connectivity index (χ1n) is 20.1. The fraction of sp³-hybridized carbons (Fsp3) is 0.571. The van der Waals surface area contributed by atoms with Crippen LogP contribution < -0.4 is 9.47 Å². The molecule has 1 fully saturated rings. The Bertz CT molecular complexity index is 1740. The number of hydrogen-bond acceptors (Lipinski definition) is 13. The number of carbonyl (C=O) groups excluding carboxylic acids is 1. The van der Waals surface area contributed by atoms with Gasteiger partial charge in [0.2, 0.25) is 5.79 Å². The molecule has 0 unspecified atom stereocenters. The highest BCUT2D eigenvalue weighted by atomic mass is 35.5. The third-order valence-electron chi connectivity index (χ3n) is 10.8. The number of non-ortho nitro benzene ring substituents is 1. The number of nitro groups is 1. The van der Waals surface area contributed by atoms with Crippen molar-refractivity contribution in [1.29, 1.82) is 0 Å². The monoisotopic (exact) mass is 829 g/mol. The maximum Gasteiger partial charge on any atom is 0.410 e. The second-order valence-corrected chi connectivity index (χ2v) is 14.8. The summed E-state index contributed by atoms with van der Waals surface area (Å²) in [7, 11) is 0. The minimum atomic E-state index is -1.53. The standard InChI is InChI=1S/C42H56ClN3O12/c1-3-21-55-42-38(45(17-23-53-24-20-49)41(50)54-22-16-43)28-36(44-56-4-2)34-25-29(10-5-7-18-47)33(13-6-8-19-48)39(40(34)42)35-27-32(14-15-37(35)58-42)57-31-12-9-11-30(26-31)46(51)52/h3,9,11-12,14-15,25-27,29,33,38-40,47-49H,1,4-8,10,13,16-24,28H2,2H3/t29-,33+,38-,39+,40+,42+/m0/s1. The Hall–Kier alpha value is -4.25. The number of rotatable bonds is 24. The molecular formula is C42H56ClN3O12. The van der Waals surface area contributed by atoms with Crippen molar-refractivity contribution in [2.24, 2.45) is 22.9 Å². The lowest BCUT2D eigenvalue weighted by atomic mass is 9.55. The summed E-state index contributed by atoms with van der Waals surface area (Å²) >= 11 is 5.98. The Kier molecular flexibility index (Phi) is 17.2. The summed E-state index contributed by atoms with van der Waals surface area (Å²) in [5.74, 6) is -1.18. The number of carbonyl (C=O) groups is 1. The second kappa shape index (κ2) is 22.2. The van der Waals surface area contributed by atoms with E-state index in [1.165, 1.54) is 17.0 Å². The van der Waals surface area contributed by atoms with Crippen molar-refractivity contribution in [3.63, 3.8) is 0 Å². The number of aliphatic hydroxyl groups is 3. The van der Waals surface area contributed by atoms with Gasteiger partial charge in [0, 0.05) is 43.7 Å². The lowest BCUT2D eigenvalue weighted by Crippen LogP contribution is -2.70. The van der Waals surface area contributed by atoms with Crippen LogP contribution in [0.2, 0.25) is 0 Å². The molecule has 5 rings (SSSR count). The quantitative estimate of drug-likeness (QED) is 0.0333. The fourth-order valence-corrected chi connectivity index (χ4v) is 8.64. The molecule has 0 saturated heterocycles. The van der Waals surface area contributed by atoms with Crippen molar-refractivity contribution in [3.8, 4) is 17.2 Å². The summed E-state index contributed by atoms with van der Waals surface area (Å²) < 4.78 is 31.7. The molecule has 1 aliphatic heterocycles. The van der Waals surface area contributed by atoms with Gasteiger partial charge in [0.15, 0.2) is 0 Å². The van der Waals surface area contributed by atoms with Gasteiger partial charge in [-0.1, -0.05) is 36.2 Å². The lowest BCUT2D eigenvalue weighted by molar-refractivity contribution is -0.384. The van der Waals surface area contributed by atoms with E-state index in [1.54, 1.807) is 30.3 Å². The molecule has 16 heteroatoms. The van der Waals surface area contributed by atoms with Gasteiger partial charge >= 0.3 is 6.09 Å². The maximum absolute atomic E-state index is 14.1. The van der Waals surface area contributed by atoms with Gasteiger partial charge < -0.3 is 43.8 Å². The topological polar surface area (TPSA) is 192 Å². The molecule has 6 atom stereocenters. The Balaban J connectivity index is 1.76. The van der Waals surface area contributed by atoms with Gasteiger partial charge in [-0.2, -0.15) is 0 Å². The first-order valence-corrected chi connectivity index (χ1v) is 20.6. The van der Waals surface area contributed by atoms with Crippen LogP contribution in [0.15, 0.2) is 71.9 Å². The molecule has 2 aromatic carbocycles. The van der Waals surface area contributed by atoms with Gasteiger partial charge in [0.25, 0.3) is 5.69 Å². The van der Waals surface area contributed by atoms with Crippen molar-refractivity contribution in [2.75, 3.05) is 65.3 Å². The van der Waals surface area contributed by atoms with Gasteiger partial charge in [-0.15, -0.1) is 18.2 Å². The van der Waals surface area contributed by atoms with E-state index in [-0.39, 0.29) is 88.5 Å². The maximum atomic E-state index is 14.1. The number of oxime groups is 1. The van der Waals surface area contributed by atoms with Gasteiger partial charge in [-0.3, -0.25) is 15.0 Å². The highest BCUT2D eigenvalue weighted by molar-refractivity contribution is 6.18. The van der Waals surface area contributed by atoms with Crippen molar-refractivity contribution in [1.82, 2.24) is 4.90 Å². The van der Waals surface area contributed by atoms with E-state index in [0.29, 0.717) is 42.4 Å². The average Bonchev–Trinajstić information content (AvgIpc) is 3.23. The predicted octanol–water partition coefficient (Wildman–Crippen LogP) is 6.73. The second-order valence-electron chi connectivity index (χ2n) is 14.4. The van der Waals surface area contributed by atoms with Crippen LogP contribution in [0.4, 0.5) is 10.5 Å². The number of alkyl halides is 1. The highest BCUT2D eigenvalue weighted by Crippen LogP contribution is 2.62. The molecule has 3 N–H and O–H groups in total. The molecule has 0 spiro atoms. The Labute approximate surface area is 344 Å². The van der Waals surface area contributed by atoms with E-state index in [0.717, 1.165) is 36.8 Å². The van der Waals surface area contributed by atoms with Crippen LogP contribution in [-0.4, -0.2) is 114 Å². The number of unbranched alkanes of at least 4 members (excludes halogenated alkanes) is 2. The van der Waals surface area contributed by atoms with E-state index >= 15 is 0 Å². The molecule has 1 amide bonds. The minimum Gasteiger partial charge on any atom is -0.459 e. The third kappa shape index (κ3) is 10.5. The van der Waals surface area contributed by atoms with Gasteiger partial charge in [0.05, 0.1) is 54.9 Å². The number of nitro benzene ring substituents is 1. The molecule has 3 aliphatic rings. The van der Waals surface area contributed by atoms with E-state index in [4.69, 9.17) is 40.1 Å². The van der Waals surface area contributed by atoms with Crippen molar-refractivity contribution >= 4 is 29.1 Å². The van der Waals surface area contributed by atoms with Crippen LogP contribution in [0.25, 0.3) is 0 Å². The van der Waals surface area contributed by atoms with Gasteiger partial charge in [0.1, 0.15) is 36.5 Å². The Morgan fingerprint density at radius 1 is 1.07 bits per heavy atom. The summed E-state index contributed by atoms with van der Waals surface area (Å²) in [6.07, 6.45) is 7.57. The predicted molar refractivity (Wildman–Crippen MR) is 216 cm³/mol. The molecule has 0 radical (unpaired) electrons. The smallest absolute Gasteiger partial charge is 0.410 e. The van der Waals surface area contributed by atoms with Crippen LogP contribution in [0.5, 0.6) is 17.2 Å². The normalized spacial score (nSPS) is 23.8. The summed E-state index contributed by atoms with van der Waals surface area (Å²) in [5, 5.41) is 45.4. The fourth-order valence-electron chi connectivity index (χ4n) is 8.56. The van der Waals surface area contributed by atoms with E-state index in [9.17, 15) is 30.2 Å². The van der Waals surface area contributed by atoms with Crippen molar-refractivity contribution in [3.05, 3.63) is 82.4 Å². The van der Waals surface area contributed by atoms with Crippen molar-refractivity contribution < 1.29 is 53.6 Å². The Morgan fingerprint density at radius 3 is 2.55 bits per heavy atom. The number of aliphatic hydroxyl groups excluding tert-OH is 3. The van der Waals surface area contributed by atoms with Crippen molar-refractivity contribution in [2.45, 2.75) is 69.6 Å². The number of nitrogens with zero attached hydrogens (tertiary/aromatic N) is 3. The Morgan fingerprint density at radius 2 is 1.84 bits per heavy atom. The molecule has 318 valence electrons. The highest BCUT2D eigenvalue weighted by Gasteiger charge is 2.65. The largest absolute Gasteiger partial charge is 0.459 e. The van der Waals surface area contributed by atoms with Crippen LogP contribution >= 0.6 is 11.6 Å². The molecule has 1 heterocycles. The van der Waals surface area contributed by atoms with E-state index in [2.05, 4.69) is 17.8 Å². The number of hydrogen-bond donors (Lipinski definition) is 3. The summed E-state index contributed by atoms with van der Waals surface area (Å²) in [5.41, 5.74) is 2.18. The zero-order valence-corrected chi connectivity index (χ0v) is 33.8. The van der Waals surface area contributed by atoms with Crippen LogP contribution in [0.3, 0.4) is 0 Å². The van der Waals surface area contributed by atoms with Crippen LogP contribution in [0, 0.1) is 27.9 Å². The SMILES string of the molecule is C=CCO[C@@]12Oc3ccc(Oc4cccc([N+](=O)[O-])c4)cc3[C@H]3[C@H](CCCCO)[C@@H](CCCCO)C=C(C(=NOCC)C[C@@H]1N(CCOCCO)C(=O)OCCCl)[C@H]32. The third-order valence-corrected chi connectivity index (χ3v) is 11.0. The molecule has 15 nitrogen and oxygen atoms in total. The molecule has 2 aromatic rings. The van der Waals surface area contributed by atoms with Crippen LogP contribution in [-0.2, 0) is 19.0 Å². The number of benzene rings is 2. The molecular weight excluding hydrogens is 774 g/mol. The molecule has 1 saturated carbocycles. The number of fused-ring (bicyclic) bond motifs is 2. The molecule has 0 aromatic heterocycles. The summed E-state index contributed by atoms with van der Waals surface area (Å²) in [4.78, 5) is 32.5. The zero-order valence-electron chi connectivity index (χ0n) is 33.0. The molecule has 58 heavy (non-hydrogen) atoms. The average molecular weight is 830 g/mol. The minimum absolute atomic E-state index is 0.00550. The molecule has 0 bridgehead atoms. The molecule has 2 aliphatic carbocycles. The first kappa shape index (κ1) is 44.8. The summed E-state index contributed by atoms with van der Waals surface area (Å²) in [6.45, 7) is 6.21. The van der Waals surface area contributed by atoms with Gasteiger partial charge in [-0.25, -0.2) is 4.79 Å². The van der Waals surface area contributed by atoms with Crippen LogP contribution in [0.1, 0.15) is 63.4 Å². The zero-order chi connectivity index (χ0) is 41.5. The van der Waals surface area contributed by atoms with E-state index < -0.39 is 28.8 Å². The summed E-state index contributed by atoms with van der Waals surface area (Å²) in [6, 6.07) is 10.6. The number of amides is 1. The van der Waals surface area contributed by atoms with E-state index in [1.807, 2.05) is 13.0 Å².